The summed E-state index contributed by atoms with van der Waals surface area (Å²) in [5.41, 5.74) is -0.247. The normalized spacial score (nSPS) is 13.6. The number of aliphatic hydroxyl groups is 1. The molecule has 2 rings (SSSR count). The summed E-state index contributed by atoms with van der Waals surface area (Å²) < 4.78 is 39.1. The fraction of sp³-hybridized carbons (Fsp3) is 0.231. The first-order chi connectivity index (χ1) is 8.80. The summed E-state index contributed by atoms with van der Waals surface area (Å²) in [5.74, 6) is 0. The summed E-state index contributed by atoms with van der Waals surface area (Å²) in [6, 6.07) is 6.60. The molecule has 0 aliphatic heterocycles. The first-order valence-corrected chi connectivity index (χ1v) is 6.60. The number of hydrogen-bond acceptors (Lipinski definition) is 2. The lowest BCUT2D eigenvalue weighted by atomic mass is 10.0. The van der Waals surface area contributed by atoms with Crippen molar-refractivity contribution in [2.75, 3.05) is 0 Å². The van der Waals surface area contributed by atoms with Crippen molar-refractivity contribution in [2.45, 2.75) is 19.2 Å². The maximum Gasteiger partial charge on any atom is 0.416 e. The second kappa shape index (κ2) is 5.15. The van der Waals surface area contributed by atoms with Gasteiger partial charge in [0, 0.05) is 4.88 Å². The number of benzene rings is 1. The Bertz CT molecular complexity index is 572. The van der Waals surface area contributed by atoms with E-state index in [0.29, 0.717) is 9.21 Å². The van der Waals surface area contributed by atoms with Gasteiger partial charge in [0.2, 0.25) is 0 Å². The average Bonchev–Trinajstić information content (AvgIpc) is 2.68. The molecular weight excluding hydrogens is 297 g/mol. The minimum absolute atomic E-state index is 0.159. The fourth-order valence-corrected chi connectivity index (χ4v) is 2.99. The van der Waals surface area contributed by atoms with Crippen LogP contribution in [0, 0.1) is 6.92 Å². The molecule has 1 nitrogen and oxygen atoms in total. The molecule has 1 aromatic carbocycles. The molecule has 0 radical (unpaired) electrons. The predicted molar refractivity (Wildman–Crippen MR) is 69.6 cm³/mol. The molecule has 19 heavy (non-hydrogen) atoms. The SMILES string of the molecule is Cc1cc(C(O)c2ccccc2C(F)(F)F)sc1Cl. The molecule has 102 valence electrons. The average molecular weight is 307 g/mol. The van der Waals surface area contributed by atoms with Gasteiger partial charge >= 0.3 is 6.18 Å². The Labute approximate surface area is 117 Å². The van der Waals surface area contributed by atoms with Gasteiger partial charge in [-0.2, -0.15) is 13.2 Å². The molecule has 0 aliphatic carbocycles. The van der Waals surface area contributed by atoms with Crippen LogP contribution in [0.5, 0.6) is 0 Å². The van der Waals surface area contributed by atoms with E-state index < -0.39 is 17.8 Å². The highest BCUT2D eigenvalue weighted by molar-refractivity contribution is 7.16. The second-order valence-electron chi connectivity index (χ2n) is 4.09. The van der Waals surface area contributed by atoms with Gasteiger partial charge in [-0.1, -0.05) is 29.8 Å². The zero-order valence-electron chi connectivity index (χ0n) is 9.83. The Kier molecular flexibility index (Phi) is 3.90. The molecule has 0 saturated heterocycles. The Morgan fingerprint density at radius 3 is 2.42 bits per heavy atom. The number of halogens is 4. The van der Waals surface area contributed by atoms with Crippen LogP contribution in [-0.2, 0) is 6.18 Å². The largest absolute Gasteiger partial charge is 0.416 e. The van der Waals surface area contributed by atoms with Gasteiger partial charge in [0.15, 0.2) is 0 Å². The highest BCUT2D eigenvalue weighted by Crippen LogP contribution is 2.39. The summed E-state index contributed by atoms with van der Waals surface area (Å²) in [7, 11) is 0. The number of aryl methyl sites for hydroxylation is 1. The molecule has 2 aromatic rings. The molecule has 0 fully saturated rings. The summed E-state index contributed by atoms with van der Waals surface area (Å²) in [4.78, 5) is 0.402. The molecule has 1 unspecified atom stereocenters. The minimum Gasteiger partial charge on any atom is -0.383 e. The van der Waals surface area contributed by atoms with Crippen molar-refractivity contribution in [1.29, 1.82) is 0 Å². The van der Waals surface area contributed by atoms with E-state index in [9.17, 15) is 18.3 Å². The first kappa shape index (κ1) is 14.4. The maximum absolute atomic E-state index is 12.9. The minimum atomic E-state index is -4.49. The van der Waals surface area contributed by atoms with Gasteiger partial charge in [0.25, 0.3) is 0 Å². The van der Waals surface area contributed by atoms with E-state index in [4.69, 9.17) is 11.6 Å². The lowest BCUT2D eigenvalue weighted by molar-refractivity contribution is -0.138. The molecular formula is C13H10ClF3OS. The lowest BCUT2D eigenvalue weighted by Gasteiger charge is -2.16. The zero-order chi connectivity index (χ0) is 14.2. The summed E-state index contributed by atoms with van der Waals surface area (Å²) in [5, 5.41) is 10.1. The van der Waals surface area contributed by atoms with Crippen LogP contribution in [0.4, 0.5) is 13.2 Å². The van der Waals surface area contributed by atoms with Crippen LogP contribution in [0.2, 0.25) is 4.34 Å². The van der Waals surface area contributed by atoms with E-state index in [0.717, 1.165) is 23.0 Å². The van der Waals surface area contributed by atoms with Crippen LogP contribution in [0.1, 0.15) is 27.7 Å². The number of rotatable bonds is 2. The number of alkyl halides is 3. The van der Waals surface area contributed by atoms with E-state index in [1.54, 1.807) is 13.0 Å². The van der Waals surface area contributed by atoms with Gasteiger partial charge in [-0.15, -0.1) is 11.3 Å². The zero-order valence-corrected chi connectivity index (χ0v) is 11.4. The molecule has 1 N–H and O–H groups in total. The highest BCUT2D eigenvalue weighted by Gasteiger charge is 2.35. The Balaban J connectivity index is 2.47. The summed E-state index contributed by atoms with van der Waals surface area (Å²) in [6.07, 6.45) is -5.82. The molecule has 0 aliphatic rings. The Hall–Kier alpha value is -1.04. The van der Waals surface area contributed by atoms with Crippen molar-refractivity contribution >= 4 is 22.9 Å². The fourth-order valence-electron chi connectivity index (χ4n) is 1.77. The number of aliphatic hydroxyl groups excluding tert-OH is 1. The Morgan fingerprint density at radius 1 is 1.26 bits per heavy atom. The molecule has 0 saturated carbocycles. The van der Waals surface area contributed by atoms with Crippen molar-refractivity contribution in [2.24, 2.45) is 0 Å². The predicted octanol–water partition coefficient (Wildman–Crippen LogP) is 4.81. The van der Waals surface area contributed by atoms with Crippen LogP contribution < -0.4 is 0 Å². The third-order valence-corrected chi connectivity index (χ3v) is 4.31. The maximum atomic E-state index is 12.9. The Morgan fingerprint density at radius 2 is 1.89 bits per heavy atom. The second-order valence-corrected chi connectivity index (χ2v) is 5.78. The van der Waals surface area contributed by atoms with Crippen LogP contribution in [-0.4, -0.2) is 5.11 Å². The van der Waals surface area contributed by atoms with Crippen LogP contribution in [0.3, 0.4) is 0 Å². The third-order valence-electron chi connectivity index (χ3n) is 2.71. The van der Waals surface area contributed by atoms with Gasteiger partial charge in [-0.3, -0.25) is 0 Å². The lowest BCUT2D eigenvalue weighted by Crippen LogP contribution is -2.12. The standard InChI is InChI=1S/C13H10ClF3OS/c1-7-6-10(19-12(7)14)11(18)8-4-2-3-5-9(8)13(15,16)17/h2-6,11,18H,1H3. The smallest absolute Gasteiger partial charge is 0.383 e. The van der Waals surface area contributed by atoms with Crippen LogP contribution >= 0.6 is 22.9 Å². The molecule has 0 bridgehead atoms. The van der Waals surface area contributed by atoms with E-state index in [1.165, 1.54) is 18.2 Å². The summed E-state index contributed by atoms with van der Waals surface area (Å²) >= 11 is 6.96. The molecule has 0 spiro atoms. The van der Waals surface area contributed by atoms with Gasteiger partial charge < -0.3 is 5.11 Å². The highest BCUT2D eigenvalue weighted by atomic mass is 35.5. The quantitative estimate of drug-likeness (QED) is 0.844. The van der Waals surface area contributed by atoms with E-state index in [-0.39, 0.29) is 5.56 Å². The van der Waals surface area contributed by atoms with Gasteiger partial charge in [0.05, 0.1) is 9.90 Å². The van der Waals surface area contributed by atoms with Gasteiger partial charge in [-0.25, -0.2) is 0 Å². The molecule has 1 heterocycles. The van der Waals surface area contributed by atoms with Gasteiger partial charge in [0.1, 0.15) is 6.10 Å². The summed E-state index contributed by atoms with van der Waals surface area (Å²) in [6.45, 7) is 1.74. The van der Waals surface area contributed by atoms with Crippen molar-refractivity contribution in [1.82, 2.24) is 0 Å². The van der Waals surface area contributed by atoms with Crippen molar-refractivity contribution in [3.63, 3.8) is 0 Å². The first-order valence-electron chi connectivity index (χ1n) is 5.40. The molecule has 6 heteroatoms. The molecule has 1 atom stereocenters. The van der Waals surface area contributed by atoms with Crippen LogP contribution in [0.25, 0.3) is 0 Å². The van der Waals surface area contributed by atoms with Crippen molar-refractivity contribution < 1.29 is 18.3 Å². The van der Waals surface area contributed by atoms with Crippen molar-refractivity contribution in [3.05, 3.63) is 56.2 Å². The van der Waals surface area contributed by atoms with Gasteiger partial charge in [-0.05, 0) is 30.2 Å². The number of hydrogen-bond donors (Lipinski definition) is 1. The monoisotopic (exact) mass is 306 g/mol. The molecule has 0 amide bonds. The third kappa shape index (κ3) is 2.94. The van der Waals surface area contributed by atoms with Crippen LogP contribution in [0.15, 0.2) is 30.3 Å². The van der Waals surface area contributed by atoms with Crippen molar-refractivity contribution in [3.8, 4) is 0 Å². The van der Waals surface area contributed by atoms with E-state index in [2.05, 4.69) is 0 Å². The molecule has 1 aromatic heterocycles. The van der Waals surface area contributed by atoms with E-state index >= 15 is 0 Å². The number of thiophene rings is 1. The van der Waals surface area contributed by atoms with E-state index in [1.807, 2.05) is 0 Å². The topological polar surface area (TPSA) is 20.2 Å².